The molecule has 0 aliphatic carbocycles. The van der Waals surface area contributed by atoms with Crippen molar-refractivity contribution in [2.75, 3.05) is 5.32 Å². The molecule has 0 spiro atoms. The van der Waals surface area contributed by atoms with E-state index >= 15 is 0 Å². The maximum Gasteiger partial charge on any atom is 0.416 e. The largest absolute Gasteiger partial charge is 0.545 e. The van der Waals surface area contributed by atoms with Crippen LogP contribution < -0.4 is 10.4 Å². The van der Waals surface area contributed by atoms with Crippen LogP contribution in [0.15, 0.2) is 72.8 Å². The number of aromatic carboxylic acids is 1. The van der Waals surface area contributed by atoms with Gasteiger partial charge in [-0.2, -0.15) is 13.2 Å². The SMILES string of the molecule is O=C([O-])c1ccccc1-c1ccccc1C(=O)Nc1cccc(C(F)(F)F)c1. The highest BCUT2D eigenvalue weighted by molar-refractivity contribution is 6.10. The van der Waals surface area contributed by atoms with E-state index in [0.717, 1.165) is 12.1 Å². The maximum atomic E-state index is 12.9. The number of alkyl halides is 3. The Morgan fingerprint density at radius 3 is 1.96 bits per heavy atom. The molecule has 142 valence electrons. The fraction of sp³-hybridized carbons (Fsp3) is 0.0476. The smallest absolute Gasteiger partial charge is 0.416 e. The van der Waals surface area contributed by atoms with Crippen LogP contribution >= 0.6 is 0 Å². The molecule has 0 atom stereocenters. The van der Waals surface area contributed by atoms with Crippen molar-refractivity contribution in [3.05, 3.63) is 89.5 Å². The number of rotatable bonds is 4. The second-order valence-corrected chi connectivity index (χ2v) is 5.91. The third kappa shape index (κ3) is 4.03. The van der Waals surface area contributed by atoms with Gasteiger partial charge in [0.15, 0.2) is 0 Å². The van der Waals surface area contributed by atoms with Gasteiger partial charge in [-0.25, -0.2) is 0 Å². The summed E-state index contributed by atoms with van der Waals surface area (Å²) in [6.07, 6.45) is -4.54. The van der Waals surface area contributed by atoms with Crippen LogP contribution in [0.2, 0.25) is 0 Å². The van der Waals surface area contributed by atoms with Crippen LogP contribution in [0, 0.1) is 0 Å². The van der Waals surface area contributed by atoms with Crippen molar-refractivity contribution in [1.82, 2.24) is 0 Å². The Hall–Kier alpha value is -3.61. The molecule has 0 bridgehead atoms. The average Bonchev–Trinajstić information content (AvgIpc) is 2.67. The van der Waals surface area contributed by atoms with Gasteiger partial charge in [-0.05, 0) is 35.4 Å². The molecule has 0 aliphatic rings. The first kappa shape index (κ1) is 19.2. The van der Waals surface area contributed by atoms with Gasteiger partial charge in [-0.3, -0.25) is 4.79 Å². The predicted molar refractivity (Wildman–Crippen MR) is 95.6 cm³/mol. The molecule has 28 heavy (non-hydrogen) atoms. The summed E-state index contributed by atoms with van der Waals surface area (Å²) >= 11 is 0. The van der Waals surface area contributed by atoms with E-state index in [1.54, 1.807) is 24.3 Å². The van der Waals surface area contributed by atoms with Gasteiger partial charge in [0.2, 0.25) is 0 Å². The Balaban J connectivity index is 1.98. The predicted octanol–water partition coefficient (Wildman–Crippen LogP) is 3.99. The lowest BCUT2D eigenvalue weighted by molar-refractivity contribution is -0.254. The van der Waals surface area contributed by atoms with Crippen LogP contribution in [-0.2, 0) is 6.18 Å². The number of carbonyl (C=O) groups is 2. The van der Waals surface area contributed by atoms with E-state index in [0.29, 0.717) is 5.56 Å². The molecule has 0 aromatic heterocycles. The zero-order chi connectivity index (χ0) is 20.3. The Kier molecular flexibility index (Phi) is 5.17. The molecule has 7 heteroatoms. The molecule has 0 fully saturated rings. The number of nitrogens with one attached hydrogen (secondary N) is 1. The highest BCUT2D eigenvalue weighted by atomic mass is 19.4. The number of hydrogen-bond donors (Lipinski definition) is 1. The number of carboxylic acids is 1. The van der Waals surface area contributed by atoms with Crippen LogP contribution in [0.4, 0.5) is 18.9 Å². The van der Waals surface area contributed by atoms with Crippen molar-refractivity contribution in [1.29, 1.82) is 0 Å². The van der Waals surface area contributed by atoms with Crippen molar-refractivity contribution in [2.24, 2.45) is 0 Å². The zero-order valence-corrected chi connectivity index (χ0v) is 14.3. The minimum absolute atomic E-state index is 0.0252. The van der Waals surface area contributed by atoms with Crippen LogP contribution in [0.1, 0.15) is 26.3 Å². The summed E-state index contributed by atoms with van der Waals surface area (Å²) in [5.41, 5.74) is -0.289. The molecule has 0 unspecified atom stereocenters. The molecule has 0 saturated heterocycles. The molecule has 3 aromatic rings. The molecule has 1 N–H and O–H groups in total. The van der Waals surface area contributed by atoms with E-state index in [2.05, 4.69) is 5.32 Å². The van der Waals surface area contributed by atoms with Crippen LogP contribution in [0.3, 0.4) is 0 Å². The minimum atomic E-state index is -4.54. The van der Waals surface area contributed by atoms with E-state index in [9.17, 15) is 27.9 Å². The topological polar surface area (TPSA) is 69.2 Å². The molecule has 3 rings (SSSR count). The summed E-state index contributed by atoms with van der Waals surface area (Å²) in [6.45, 7) is 0. The van der Waals surface area contributed by atoms with Gasteiger partial charge in [0.05, 0.1) is 11.5 Å². The second kappa shape index (κ2) is 7.56. The Morgan fingerprint density at radius 2 is 1.36 bits per heavy atom. The Bertz CT molecular complexity index is 1040. The second-order valence-electron chi connectivity index (χ2n) is 5.91. The maximum absolute atomic E-state index is 12.9. The lowest BCUT2D eigenvalue weighted by Gasteiger charge is -2.15. The van der Waals surface area contributed by atoms with Crippen molar-refractivity contribution in [3.8, 4) is 11.1 Å². The molecule has 0 aliphatic heterocycles. The van der Waals surface area contributed by atoms with E-state index in [4.69, 9.17) is 0 Å². The summed E-state index contributed by atoms with van der Waals surface area (Å²) in [7, 11) is 0. The zero-order valence-electron chi connectivity index (χ0n) is 14.3. The van der Waals surface area contributed by atoms with E-state index in [1.165, 1.54) is 36.4 Å². The third-order valence-corrected chi connectivity index (χ3v) is 4.06. The van der Waals surface area contributed by atoms with Gasteiger partial charge in [-0.1, -0.05) is 48.5 Å². The summed E-state index contributed by atoms with van der Waals surface area (Å²) in [5, 5.41) is 13.8. The van der Waals surface area contributed by atoms with Crippen LogP contribution in [0.5, 0.6) is 0 Å². The molecule has 1 amide bonds. The molecule has 0 heterocycles. The standard InChI is InChI=1S/C21H14F3NO3/c22-21(23,24)13-6-5-7-14(12-13)25-19(26)17-10-3-1-8-15(17)16-9-2-4-11-18(16)20(27)28/h1-12H,(H,25,26)(H,27,28)/p-1. The van der Waals surface area contributed by atoms with Crippen molar-refractivity contribution in [2.45, 2.75) is 6.18 Å². The quantitative estimate of drug-likeness (QED) is 0.740. The highest BCUT2D eigenvalue weighted by Gasteiger charge is 2.30. The van der Waals surface area contributed by atoms with Gasteiger partial charge in [0.25, 0.3) is 5.91 Å². The van der Waals surface area contributed by atoms with Crippen molar-refractivity contribution in [3.63, 3.8) is 0 Å². The molecule has 3 aromatic carbocycles. The third-order valence-electron chi connectivity index (χ3n) is 4.06. The number of halogens is 3. The Labute approximate surface area is 158 Å². The summed E-state index contributed by atoms with van der Waals surface area (Å²) < 4.78 is 38.6. The molecular weight excluding hydrogens is 371 g/mol. The van der Waals surface area contributed by atoms with E-state index in [-0.39, 0.29) is 22.4 Å². The van der Waals surface area contributed by atoms with Crippen molar-refractivity contribution >= 4 is 17.6 Å². The van der Waals surface area contributed by atoms with Crippen molar-refractivity contribution < 1.29 is 27.9 Å². The summed E-state index contributed by atoms with van der Waals surface area (Å²) in [5.74, 6) is -2.06. The average molecular weight is 384 g/mol. The van der Waals surface area contributed by atoms with Gasteiger partial charge in [0, 0.05) is 16.8 Å². The lowest BCUT2D eigenvalue weighted by atomic mass is 9.95. The molecule has 4 nitrogen and oxygen atoms in total. The number of amides is 1. The molecule has 0 radical (unpaired) electrons. The first-order chi connectivity index (χ1) is 13.3. The van der Waals surface area contributed by atoms with Crippen LogP contribution in [-0.4, -0.2) is 11.9 Å². The highest BCUT2D eigenvalue weighted by Crippen LogP contribution is 2.31. The van der Waals surface area contributed by atoms with E-state index in [1.807, 2.05) is 0 Å². The Morgan fingerprint density at radius 1 is 0.786 bits per heavy atom. The summed E-state index contributed by atoms with van der Waals surface area (Å²) in [6, 6.07) is 16.5. The van der Waals surface area contributed by atoms with Gasteiger partial charge in [-0.15, -0.1) is 0 Å². The number of carboxylic acid groups (broad SMARTS) is 1. The van der Waals surface area contributed by atoms with Gasteiger partial charge in [0.1, 0.15) is 0 Å². The number of anilines is 1. The fourth-order valence-corrected chi connectivity index (χ4v) is 2.78. The molecule has 0 saturated carbocycles. The van der Waals surface area contributed by atoms with E-state index < -0.39 is 23.6 Å². The fourth-order valence-electron chi connectivity index (χ4n) is 2.78. The summed E-state index contributed by atoms with van der Waals surface area (Å²) in [4.78, 5) is 24.1. The minimum Gasteiger partial charge on any atom is -0.545 e. The van der Waals surface area contributed by atoms with Gasteiger partial charge < -0.3 is 15.2 Å². The number of hydrogen-bond acceptors (Lipinski definition) is 3. The lowest BCUT2D eigenvalue weighted by Crippen LogP contribution is -2.23. The van der Waals surface area contributed by atoms with Gasteiger partial charge >= 0.3 is 6.18 Å². The number of benzene rings is 3. The molecular formula is C21H13F3NO3-. The first-order valence-corrected chi connectivity index (χ1v) is 8.16. The normalized spacial score (nSPS) is 11.1. The van der Waals surface area contributed by atoms with Crippen LogP contribution in [0.25, 0.3) is 11.1 Å². The first-order valence-electron chi connectivity index (χ1n) is 8.16. The monoisotopic (exact) mass is 384 g/mol. The number of carbonyl (C=O) groups excluding carboxylic acids is 2.